The number of carbonyl (C=O) groups is 1. The minimum atomic E-state index is -0.765. The average Bonchev–Trinajstić information content (AvgIpc) is 1.94. The van der Waals surface area contributed by atoms with Gasteiger partial charge in [-0.1, -0.05) is 6.08 Å². The third-order valence-corrected chi connectivity index (χ3v) is 1.93. The Morgan fingerprint density at radius 2 is 2.18 bits per heavy atom. The molecule has 3 heteroatoms. The summed E-state index contributed by atoms with van der Waals surface area (Å²) in [6.07, 6.45) is 0.906. The van der Waals surface area contributed by atoms with Gasteiger partial charge in [0.05, 0.1) is 12.2 Å². The molecule has 0 saturated carbocycles. The van der Waals surface area contributed by atoms with E-state index in [1.165, 1.54) is 6.92 Å². The first kappa shape index (κ1) is 8.43. The second kappa shape index (κ2) is 3.15. The van der Waals surface area contributed by atoms with Crippen molar-refractivity contribution in [1.29, 1.82) is 0 Å². The fourth-order valence-corrected chi connectivity index (χ4v) is 1.15. The number of hydrogen-bond acceptors (Lipinski definition) is 3. The Kier molecular flexibility index (Phi) is 2.42. The fraction of sp³-hybridized carbons (Fsp3) is 0.625. The number of hydrogen-bond donors (Lipinski definition) is 2. The molecule has 0 aliphatic heterocycles. The van der Waals surface area contributed by atoms with Crippen LogP contribution in [-0.2, 0) is 4.79 Å². The van der Waals surface area contributed by atoms with Crippen molar-refractivity contribution in [2.75, 3.05) is 0 Å². The van der Waals surface area contributed by atoms with E-state index < -0.39 is 12.2 Å². The normalized spacial score (nSPS) is 31.4. The maximum absolute atomic E-state index is 10.8. The molecule has 0 radical (unpaired) electrons. The molecular formula is C8H12O3. The van der Waals surface area contributed by atoms with E-state index in [9.17, 15) is 4.79 Å². The fourth-order valence-electron chi connectivity index (χ4n) is 1.15. The SMILES string of the molecule is CC(=O)C1=CC[C@H](O)[C@@H](O)C1. The Hall–Kier alpha value is -0.670. The number of aliphatic hydroxyl groups excluding tert-OH is 2. The van der Waals surface area contributed by atoms with Gasteiger partial charge in [0.1, 0.15) is 0 Å². The predicted molar refractivity (Wildman–Crippen MR) is 40.0 cm³/mol. The van der Waals surface area contributed by atoms with Crippen LogP contribution < -0.4 is 0 Å². The molecule has 0 fully saturated rings. The minimum Gasteiger partial charge on any atom is -0.390 e. The van der Waals surface area contributed by atoms with Gasteiger partial charge in [-0.05, 0) is 18.9 Å². The Balaban J connectivity index is 2.66. The third-order valence-electron chi connectivity index (χ3n) is 1.93. The van der Waals surface area contributed by atoms with Crippen molar-refractivity contribution in [3.8, 4) is 0 Å². The smallest absolute Gasteiger partial charge is 0.155 e. The van der Waals surface area contributed by atoms with Gasteiger partial charge in [0, 0.05) is 6.42 Å². The van der Waals surface area contributed by atoms with Crippen molar-refractivity contribution < 1.29 is 15.0 Å². The Morgan fingerprint density at radius 3 is 2.64 bits per heavy atom. The van der Waals surface area contributed by atoms with Gasteiger partial charge in [-0.2, -0.15) is 0 Å². The van der Waals surface area contributed by atoms with Gasteiger partial charge >= 0.3 is 0 Å². The standard InChI is InChI=1S/C8H12O3/c1-5(9)6-2-3-7(10)8(11)4-6/h2,7-8,10-11H,3-4H2,1H3/t7-,8-/m0/s1. The topological polar surface area (TPSA) is 57.5 Å². The van der Waals surface area contributed by atoms with E-state index in [1.807, 2.05) is 0 Å². The predicted octanol–water partition coefficient (Wildman–Crippen LogP) is 0.0174. The van der Waals surface area contributed by atoms with Gasteiger partial charge in [-0.25, -0.2) is 0 Å². The molecule has 0 aromatic carbocycles. The Labute approximate surface area is 65.3 Å². The first-order valence-electron chi connectivity index (χ1n) is 3.67. The second-order valence-electron chi connectivity index (χ2n) is 2.86. The van der Waals surface area contributed by atoms with Gasteiger partial charge in [0.25, 0.3) is 0 Å². The van der Waals surface area contributed by atoms with E-state index in [0.717, 1.165) is 0 Å². The van der Waals surface area contributed by atoms with E-state index in [2.05, 4.69) is 0 Å². The number of carbonyl (C=O) groups excluding carboxylic acids is 1. The van der Waals surface area contributed by atoms with Crippen LogP contribution in [0.15, 0.2) is 11.6 Å². The van der Waals surface area contributed by atoms with E-state index in [4.69, 9.17) is 10.2 Å². The highest BCUT2D eigenvalue weighted by molar-refractivity contribution is 5.93. The van der Waals surface area contributed by atoms with Crippen LogP contribution in [0.5, 0.6) is 0 Å². The molecule has 0 bridgehead atoms. The van der Waals surface area contributed by atoms with Gasteiger partial charge < -0.3 is 10.2 Å². The molecule has 0 aromatic rings. The molecule has 1 rings (SSSR count). The lowest BCUT2D eigenvalue weighted by Gasteiger charge is -2.21. The van der Waals surface area contributed by atoms with Crippen LogP contribution in [0.1, 0.15) is 19.8 Å². The van der Waals surface area contributed by atoms with Crippen LogP contribution in [0.4, 0.5) is 0 Å². The molecule has 62 valence electrons. The summed E-state index contributed by atoms with van der Waals surface area (Å²) in [5.41, 5.74) is 0.628. The summed E-state index contributed by atoms with van der Waals surface area (Å²) in [4.78, 5) is 10.8. The van der Waals surface area contributed by atoms with Crippen molar-refractivity contribution in [2.45, 2.75) is 32.0 Å². The molecule has 0 heterocycles. The summed E-state index contributed by atoms with van der Waals surface area (Å²) in [5.74, 6) is -0.0176. The van der Waals surface area contributed by atoms with Gasteiger partial charge in [-0.3, -0.25) is 4.79 Å². The van der Waals surface area contributed by atoms with Crippen LogP contribution >= 0.6 is 0 Å². The lowest BCUT2D eigenvalue weighted by molar-refractivity contribution is -0.114. The van der Waals surface area contributed by atoms with Crippen molar-refractivity contribution in [3.05, 3.63) is 11.6 Å². The second-order valence-corrected chi connectivity index (χ2v) is 2.86. The van der Waals surface area contributed by atoms with Crippen molar-refractivity contribution in [1.82, 2.24) is 0 Å². The zero-order chi connectivity index (χ0) is 8.43. The van der Waals surface area contributed by atoms with E-state index in [-0.39, 0.29) is 12.2 Å². The van der Waals surface area contributed by atoms with Gasteiger partial charge in [-0.15, -0.1) is 0 Å². The maximum atomic E-state index is 10.8. The number of Topliss-reactive ketones (excluding diaryl/α,β-unsaturated/α-hetero) is 1. The summed E-state index contributed by atoms with van der Waals surface area (Å²) in [6.45, 7) is 1.47. The van der Waals surface area contributed by atoms with Crippen LogP contribution in [0.2, 0.25) is 0 Å². The summed E-state index contributed by atoms with van der Waals surface area (Å²) >= 11 is 0. The quantitative estimate of drug-likeness (QED) is 0.562. The first-order valence-corrected chi connectivity index (χ1v) is 3.67. The molecule has 0 amide bonds. The summed E-state index contributed by atoms with van der Waals surface area (Å²) < 4.78 is 0. The molecule has 0 saturated heterocycles. The van der Waals surface area contributed by atoms with Crippen LogP contribution in [0.3, 0.4) is 0 Å². The van der Waals surface area contributed by atoms with Gasteiger partial charge in [0.2, 0.25) is 0 Å². The maximum Gasteiger partial charge on any atom is 0.155 e. The zero-order valence-corrected chi connectivity index (χ0v) is 6.45. The molecular weight excluding hydrogens is 144 g/mol. The lowest BCUT2D eigenvalue weighted by Crippen LogP contribution is -2.30. The average molecular weight is 156 g/mol. The monoisotopic (exact) mass is 156 g/mol. The molecule has 0 spiro atoms. The van der Waals surface area contributed by atoms with Crippen molar-refractivity contribution >= 4 is 5.78 Å². The van der Waals surface area contributed by atoms with E-state index in [1.54, 1.807) is 6.08 Å². The highest BCUT2D eigenvalue weighted by Gasteiger charge is 2.22. The molecule has 3 nitrogen and oxygen atoms in total. The van der Waals surface area contributed by atoms with Gasteiger partial charge in [0.15, 0.2) is 5.78 Å². The molecule has 1 aliphatic rings. The van der Waals surface area contributed by atoms with Crippen LogP contribution in [0, 0.1) is 0 Å². The molecule has 0 aromatic heterocycles. The number of aliphatic hydroxyl groups is 2. The first-order chi connectivity index (χ1) is 5.11. The highest BCUT2D eigenvalue weighted by atomic mass is 16.3. The minimum absolute atomic E-state index is 0.0176. The highest BCUT2D eigenvalue weighted by Crippen LogP contribution is 2.18. The number of rotatable bonds is 1. The molecule has 11 heavy (non-hydrogen) atoms. The summed E-state index contributed by atoms with van der Waals surface area (Å²) in [6, 6.07) is 0. The summed E-state index contributed by atoms with van der Waals surface area (Å²) in [5, 5.41) is 18.2. The van der Waals surface area contributed by atoms with Crippen molar-refractivity contribution in [3.63, 3.8) is 0 Å². The van der Waals surface area contributed by atoms with Crippen LogP contribution in [0.25, 0.3) is 0 Å². The lowest BCUT2D eigenvalue weighted by atomic mass is 9.92. The molecule has 2 atom stereocenters. The van der Waals surface area contributed by atoms with Crippen LogP contribution in [-0.4, -0.2) is 28.2 Å². The van der Waals surface area contributed by atoms with E-state index >= 15 is 0 Å². The molecule has 0 unspecified atom stereocenters. The molecule has 2 N–H and O–H groups in total. The van der Waals surface area contributed by atoms with E-state index in [0.29, 0.717) is 12.0 Å². The number of ketones is 1. The Morgan fingerprint density at radius 1 is 1.55 bits per heavy atom. The molecule has 1 aliphatic carbocycles. The largest absolute Gasteiger partial charge is 0.390 e. The Bertz CT molecular complexity index is 196. The third kappa shape index (κ3) is 1.88. The summed E-state index contributed by atoms with van der Waals surface area (Å²) in [7, 11) is 0. The zero-order valence-electron chi connectivity index (χ0n) is 6.45. The van der Waals surface area contributed by atoms with Crippen molar-refractivity contribution in [2.24, 2.45) is 0 Å².